The number of aromatic nitrogens is 2. The summed E-state index contributed by atoms with van der Waals surface area (Å²) in [4.78, 5) is 31.9. The average molecular weight is 610 g/mol. The Balaban J connectivity index is 0.00000506. The van der Waals surface area contributed by atoms with Crippen LogP contribution in [0.4, 0.5) is 32.0 Å². The minimum absolute atomic E-state index is 0. The van der Waals surface area contributed by atoms with E-state index in [1.165, 1.54) is 31.4 Å². The number of H-pyrrole nitrogens is 1. The van der Waals surface area contributed by atoms with E-state index in [4.69, 9.17) is 4.74 Å². The normalized spacial score (nSPS) is 11.3. The van der Waals surface area contributed by atoms with Gasteiger partial charge in [-0.05, 0) is 35.9 Å². The molecule has 0 aliphatic carbocycles. The maximum Gasteiger partial charge on any atom is 1.00 e. The van der Waals surface area contributed by atoms with E-state index in [1.54, 1.807) is 24.3 Å². The molecule has 0 bridgehead atoms. The van der Waals surface area contributed by atoms with Crippen LogP contribution in [0.15, 0.2) is 76.7 Å². The van der Waals surface area contributed by atoms with Crippen molar-refractivity contribution in [3.63, 3.8) is 0 Å². The van der Waals surface area contributed by atoms with E-state index >= 15 is 0 Å². The molecule has 216 valence electrons. The molecule has 0 saturated heterocycles. The van der Waals surface area contributed by atoms with Gasteiger partial charge in [0.25, 0.3) is 5.56 Å². The SMILES string of the molecule is COc1cccc(-c2nc(SCc3ccc([N-]C(=O)c4cc(C(F)(F)F)cc(C(F)(F)F)c4)cc3)[nH]c(=O)c2C#N)c1.[Li+]. The number of carbonyl (C=O) groups is 1. The van der Waals surface area contributed by atoms with Gasteiger partial charge in [0.15, 0.2) is 5.16 Å². The second kappa shape index (κ2) is 13.4. The van der Waals surface area contributed by atoms with Crippen molar-refractivity contribution in [3.8, 4) is 23.1 Å². The summed E-state index contributed by atoms with van der Waals surface area (Å²) in [5, 5.41) is 13.3. The molecule has 1 amide bonds. The largest absolute Gasteiger partial charge is 1.00 e. The second-order valence-electron chi connectivity index (χ2n) is 8.61. The van der Waals surface area contributed by atoms with Crippen molar-refractivity contribution in [1.29, 1.82) is 5.26 Å². The van der Waals surface area contributed by atoms with Crippen molar-refractivity contribution in [1.82, 2.24) is 9.97 Å². The van der Waals surface area contributed by atoms with E-state index in [1.807, 2.05) is 6.07 Å². The third-order valence-corrected chi connectivity index (χ3v) is 6.67. The Kier molecular flexibility index (Phi) is 10.4. The predicted octanol–water partition coefficient (Wildman–Crippen LogP) is 4.50. The van der Waals surface area contributed by atoms with Gasteiger partial charge in [0.1, 0.15) is 17.4 Å². The summed E-state index contributed by atoms with van der Waals surface area (Å²) in [5.74, 6) is -0.507. The van der Waals surface area contributed by atoms with Gasteiger partial charge in [0, 0.05) is 16.9 Å². The zero-order valence-corrected chi connectivity index (χ0v) is 23.1. The van der Waals surface area contributed by atoms with E-state index in [-0.39, 0.29) is 52.8 Å². The average Bonchev–Trinajstić information content (AvgIpc) is 2.95. The van der Waals surface area contributed by atoms with Crippen LogP contribution < -0.4 is 29.2 Å². The number of hydrogen-bond acceptors (Lipinski definition) is 6. The number of thioether (sulfide) groups is 1. The number of methoxy groups -OCH3 is 1. The summed E-state index contributed by atoms with van der Waals surface area (Å²) >= 11 is 1.13. The Morgan fingerprint density at radius 2 is 1.63 bits per heavy atom. The predicted molar refractivity (Wildman–Crippen MR) is 141 cm³/mol. The molecule has 0 radical (unpaired) electrons. The van der Waals surface area contributed by atoms with Crippen molar-refractivity contribution in [2.75, 3.05) is 7.11 Å². The summed E-state index contributed by atoms with van der Waals surface area (Å²) in [6.45, 7) is 0. The fraction of sp³-hybridized carbons (Fsp3) is 0.143. The number of nitrogens with one attached hydrogen (secondary N) is 1. The molecule has 0 unspecified atom stereocenters. The van der Waals surface area contributed by atoms with Gasteiger partial charge in [0.2, 0.25) is 0 Å². The fourth-order valence-corrected chi connectivity index (χ4v) is 4.50. The summed E-state index contributed by atoms with van der Waals surface area (Å²) in [5.41, 5.74) is -3.57. The molecule has 0 saturated carbocycles. The Morgan fingerprint density at radius 3 is 2.19 bits per heavy atom. The van der Waals surface area contributed by atoms with E-state index in [0.717, 1.165) is 11.8 Å². The minimum Gasteiger partial charge on any atom is -0.623 e. The number of halogens is 6. The monoisotopic (exact) mass is 610 g/mol. The fourth-order valence-electron chi connectivity index (χ4n) is 3.68. The van der Waals surface area contributed by atoms with Crippen LogP contribution in [-0.2, 0) is 18.1 Å². The standard InChI is InChI=1S/C28H18F6N4O3S.Li/c1-41-21-4-2-3-16(11-21)23-22(13-35)25(40)38-26(37-23)42-14-15-5-7-20(8-6-15)36-24(39)17-9-18(27(29,30)31)12-19(10-17)28(32,33)34;/h2-12H,14H2,1H3,(H2,36,37,38,39,40);/q;+1/p-1. The molecule has 1 aromatic heterocycles. The molecule has 1 N–H and O–H groups in total. The number of nitrogens with zero attached hydrogens (tertiary/aromatic N) is 3. The van der Waals surface area contributed by atoms with Crippen molar-refractivity contribution in [3.05, 3.63) is 110 Å². The number of aromatic amines is 1. The summed E-state index contributed by atoms with van der Waals surface area (Å²) in [6.07, 6.45) is -10.2. The number of carbonyl (C=O) groups excluding carboxylic acids is 1. The smallest absolute Gasteiger partial charge is 0.623 e. The van der Waals surface area contributed by atoms with E-state index in [2.05, 4.69) is 15.3 Å². The molecule has 0 fully saturated rings. The minimum atomic E-state index is -5.10. The van der Waals surface area contributed by atoms with Gasteiger partial charge in [-0.1, -0.05) is 48.2 Å². The Labute approximate surface area is 256 Å². The third-order valence-electron chi connectivity index (χ3n) is 5.73. The Hall–Kier alpha value is -4.17. The first-order chi connectivity index (χ1) is 19.8. The number of nitriles is 1. The molecular formula is C28H17F6LiN4O3S. The molecule has 0 aliphatic rings. The summed E-state index contributed by atoms with van der Waals surface area (Å²) in [7, 11) is 1.47. The Bertz CT molecular complexity index is 1700. The first-order valence-corrected chi connectivity index (χ1v) is 12.7. The number of ether oxygens (including phenoxy) is 1. The molecule has 3 aromatic carbocycles. The van der Waals surface area contributed by atoms with Gasteiger partial charge >= 0.3 is 31.2 Å². The van der Waals surface area contributed by atoms with Crippen LogP contribution in [-0.4, -0.2) is 23.0 Å². The van der Waals surface area contributed by atoms with Crippen LogP contribution in [0.1, 0.15) is 32.6 Å². The molecule has 0 atom stereocenters. The van der Waals surface area contributed by atoms with Gasteiger partial charge in [-0.25, -0.2) is 4.98 Å². The van der Waals surface area contributed by atoms with Crippen molar-refractivity contribution >= 4 is 23.4 Å². The summed E-state index contributed by atoms with van der Waals surface area (Å²) in [6, 6.07) is 14.9. The maximum absolute atomic E-state index is 13.1. The number of hydrogen-bond donors (Lipinski definition) is 1. The van der Waals surface area contributed by atoms with Crippen LogP contribution in [0.5, 0.6) is 5.75 Å². The van der Waals surface area contributed by atoms with Gasteiger partial charge in [-0.2, -0.15) is 31.6 Å². The first-order valence-electron chi connectivity index (χ1n) is 11.7. The molecule has 1 heterocycles. The van der Waals surface area contributed by atoms with E-state index < -0.39 is 40.5 Å². The number of benzene rings is 3. The van der Waals surface area contributed by atoms with Gasteiger partial charge in [0.05, 0.1) is 29.8 Å². The number of amides is 1. The quantitative estimate of drug-likeness (QED) is 0.143. The topological polar surface area (TPSA) is 110 Å². The van der Waals surface area contributed by atoms with Crippen LogP contribution in [0, 0.1) is 11.3 Å². The number of alkyl halides is 6. The molecule has 0 spiro atoms. The summed E-state index contributed by atoms with van der Waals surface area (Å²) < 4.78 is 83.9. The Morgan fingerprint density at radius 1 is 1.00 bits per heavy atom. The van der Waals surface area contributed by atoms with Crippen molar-refractivity contribution in [2.45, 2.75) is 23.3 Å². The molecule has 4 aromatic rings. The van der Waals surface area contributed by atoms with E-state index in [9.17, 15) is 41.2 Å². The van der Waals surface area contributed by atoms with Crippen molar-refractivity contribution in [2.24, 2.45) is 0 Å². The third kappa shape index (κ3) is 8.23. The van der Waals surface area contributed by atoms with E-state index in [0.29, 0.717) is 29.0 Å². The van der Waals surface area contributed by atoms with Crippen LogP contribution in [0.3, 0.4) is 0 Å². The number of rotatable bonds is 7. The molecule has 0 aliphatic heterocycles. The van der Waals surface area contributed by atoms with Gasteiger partial charge in [-0.3, -0.25) is 4.79 Å². The maximum atomic E-state index is 13.1. The van der Waals surface area contributed by atoms with Gasteiger partial charge < -0.3 is 19.8 Å². The van der Waals surface area contributed by atoms with Gasteiger partial charge in [-0.15, -0.1) is 5.69 Å². The van der Waals surface area contributed by atoms with Crippen LogP contribution >= 0.6 is 11.8 Å². The molecule has 7 nitrogen and oxygen atoms in total. The second-order valence-corrected chi connectivity index (χ2v) is 9.57. The zero-order valence-electron chi connectivity index (χ0n) is 22.3. The zero-order chi connectivity index (χ0) is 30.7. The first kappa shape index (κ1) is 33.3. The van der Waals surface area contributed by atoms with Crippen LogP contribution in [0.25, 0.3) is 16.6 Å². The molecular weight excluding hydrogens is 593 g/mol. The molecule has 15 heteroatoms. The molecule has 43 heavy (non-hydrogen) atoms. The van der Waals surface area contributed by atoms with Crippen molar-refractivity contribution < 1.29 is 54.7 Å². The van der Waals surface area contributed by atoms with Crippen LogP contribution in [0.2, 0.25) is 0 Å². The molecule has 4 rings (SSSR count).